The number of benzene rings is 1. The van der Waals surface area contributed by atoms with Crippen molar-refractivity contribution < 1.29 is 23.1 Å². The second-order valence-corrected chi connectivity index (χ2v) is 5.05. The molecule has 0 unspecified atom stereocenters. The third-order valence-corrected chi connectivity index (χ3v) is 3.32. The Hall–Kier alpha value is -1.93. The Labute approximate surface area is 104 Å². The van der Waals surface area contributed by atoms with Gasteiger partial charge >= 0.3 is 0 Å². The van der Waals surface area contributed by atoms with Gasteiger partial charge in [-0.1, -0.05) is 18.2 Å². The molecule has 1 aromatic rings. The lowest BCUT2D eigenvalue weighted by Crippen LogP contribution is -2.42. The summed E-state index contributed by atoms with van der Waals surface area (Å²) in [4.78, 5) is 21.2. The Balaban J connectivity index is 2.53. The summed E-state index contributed by atoms with van der Waals surface area (Å²) < 4.78 is 25.4. The molecule has 1 aromatic carbocycles. The van der Waals surface area contributed by atoms with Gasteiger partial charge in [0.1, 0.15) is 0 Å². The van der Waals surface area contributed by atoms with E-state index in [4.69, 9.17) is 0 Å². The van der Waals surface area contributed by atoms with Crippen LogP contribution in [0, 0.1) is 0 Å². The molecule has 0 heterocycles. The highest BCUT2D eigenvalue weighted by atomic mass is 32.2. The van der Waals surface area contributed by atoms with Gasteiger partial charge in [0.05, 0.1) is 24.0 Å². The minimum Gasteiger partial charge on any atom is -0.548 e. The fourth-order valence-electron chi connectivity index (χ4n) is 1.08. The molecule has 0 fully saturated rings. The Bertz CT molecular complexity index is 526. The minimum absolute atomic E-state index is 0.0256. The predicted octanol–water partition coefficient (Wildman–Crippen LogP) is -2.17. The zero-order chi connectivity index (χ0) is 13.6. The van der Waals surface area contributed by atoms with Crippen molar-refractivity contribution in [2.75, 3.05) is 13.1 Å². The second kappa shape index (κ2) is 6.12. The molecule has 7 nitrogen and oxygen atoms in total. The number of hydrogen-bond donors (Lipinski definition) is 2. The number of sulfonamides is 1. The monoisotopic (exact) mass is 271 g/mol. The van der Waals surface area contributed by atoms with Gasteiger partial charge < -0.3 is 15.2 Å². The van der Waals surface area contributed by atoms with Crippen LogP contribution in [0.25, 0.3) is 0 Å². The first kappa shape index (κ1) is 14.1. The summed E-state index contributed by atoms with van der Waals surface area (Å²) in [6, 6.07) is 7.50. The van der Waals surface area contributed by atoms with Crippen LogP contribution in [0.1, 0.15) is 0 Å². The van der Waals surface area contributed by atoms with Crippen LogP contribution in [0.4, 0.5) is 0 Å². The van der Waals surface area contributed by atoms with E-state index in [9.17, 15) is 23.1 Å². The first-order valence-corrected chi connectivity index (χ1v) is 6.41. The van der Waals surface area contributed by atoms with Crippen molar-refractivity contribution in [2.45, 2.75) is 4.90 Å². The van der Waals surface area contributed by atoms with E-state index in [-0.39, 0.29) is 4.90 Å². The zero-order valence-corrected chi connectivity index (χ0v) is 10.1. The summed E-state index contributed by atoms with van der Waals surface area (Å²) in [5.74, 6) is -2.20. The van der Waals surface area contributed by atoms with Crippen LogP contribution in [0.2, 0.25) is 0 Å². The van der Waals surface area contributed by atoms with E-state index < -0.39 is 35.0 Å². The van der Waals surface area contributed by atoms with Gasteiger partial charge in [-0.25, -0.2) is 13.1 Å². The third-order valence-electron chi connectivity index (χ3n) is 1.91. The SMILES string of the molecule is O=C([O-])CNC(=O)CNS(=O)(=O)c1ccccc1. The van der Waals surface area contributed by atoms with Gasteiger partial charge in [0.2, 0.25) is 15.9 Å². The van der Waals surface area contributed by atoms with Crippen LogP contribution in [-0.2, 0) is 19.6 Å². The maximum atomic E-state index is 11.7. The molecule has 0 aliphatic rings. The minimum atomic E-state index is -3.77. The summed E-state index contributed by atoms with van der Waals surface area (Å²) in [6.07, 6.45) is 0. The highest BCUT2D eigenvalue weighted by molar-refractivity contribution is 7.89. The molecule has 0 atom stereocenters. The molecular weight excluding hydrogens is 260 g/mol. The van der Waals surface area contributed by atoms with Gasteiger partial charge in [0.25, 0.3) is 0 Å². The van der Waals surface area contributed by atoms with E-state index in [0.717, 1.165) is 0 Å². The number of amides is 1. The molecule has 0 saturated heterocycles. The van der Waals surface area contributed by atoms with E-state index in [1.165, 1.54) is 12.1 Å². The van der Waals surface area contributed by atoms with Crippen molar-refractivity contribution in [3.63, 3.8) is 0 Å². The summed E-state index contributed by atoms with van der Waals surface area (Å²) in [6.45, 7) is -1.20. The molecule has 0 bridgehead atoms. The Morgan fingerprint density at radius 1 is 1.11 bits per heavy atom. The number of carbonyl (C=O) groups excluding carboxylic acids is 2. The number of aliphatic carboxylic acids is 1. The summed E-state index contributed by atoms with van der Waals surface area (Å²) in [7, 11) is -3.77. The number of hydrogen-bond acceptors (Lipinski definition) is 5. The molecule has 98 valence electrons. The third kappa shape index (κ3) is 4.52. The highest BCUT2D eigenvalue weighted by Gasteiger charge is 2.14. The molecule has 1 amide bonds. The van der Waals surface area contributed by atoms with Gasteiger partial charge in [0, 0.05) is 0 Å². The molecular formula is C10H11N2O5S-. The van der Waals surface area contributed by atoms with Crippen LogP contribution in [0.5, 0.6) is 0 Å². The molecule has 1 rings (SSSR count). The van der Waals surface area contributed by atoms with Crippen molar-refractivity contribution in [3.05, 3.63) is 30.3 Å². The van der Waals surface area contributed by atoms with E-state index in [1.54, 1.807) is 18.2 Å². The number of rotatable bonds is 6. The molecule has 0 saturated carbocycles. The molecule has 0 aliphatic carbocycles. The number of carbonyl (C=O) groups is 2. The van der Waals surface area contributed by atoms with Gasteiger partial charge in [-0.05, 0) is 12.1 Å². The van der Waals surface area contributed by atoms with Crippen molar-refractivity contribution >= 4 is 21.9 Å². The topological polar surface area (TPSA) is 115 Å². The van der Waals surface area contributed by atoms with E-state index in [1.807, 2.05) is 10.0 Å². The van der Waals surface area contributed by atoms with E-state index in [0.29, 0.717) is 0 Å². The molecule has 0 aliphatic heterocycles. The second-order valence-electron chi connectivity index (χ2n) is 3.29. The quantitative estimate of drug-likeness (QED) is 0.611. The smallest absolute Gasteiger partial charge is 0.241 e. The largest absolute Gasteiger partial charge is 0.548 e. The van der Waals surface area contributed by atoms with E-state index >= 15 is 0 Å². The standard InChI is InChI=1S/C10H12N2O5S/c13-9(11-7-10(14)15)6-12-18(16,17)8-4-2-1-3-5-8/h1-5,12H,6-7H2,(H,11,13)(H,14,15)/p-1. The van der Waals surface area contributed by atoms with Crippen LogP contribution in [0.3, 0.4) is 0 Å². The van der Waals surface area contributed by atoms with Crippen LogP contribution in [-0.4, -0.2) is 33.4 Å². The Morgan fingerprint density at radius 3 is 2.28 bits per heavy atom. The summed E-state index contributed by atoms with van der Waals surface area (Å²) in [5.41, 5.74) is 0. The summed E-state index contributed by atoms with van der Waals surface area (Å²) in [5, 5.41) is 12.0. The Morgan fingerprint density at radius 2 is 1.72 bits per heavy atom. The van der Waals surface area contributed by atoms with E-state index in [2.05, 4.69) is 0 Å². The zero-order valence-electron chi connectivity index (χ0n) is 9.25. The van der Waals surface area contributed by atoms with Crippen molar-refractivity contribution in [3.8, 4) is 0 Å². The maximum absolute atomic E-state index is 11.7. The number of nitrogens with one attached hydrogen (secondary N) is 2. The first-order chi connectivity index (χ1) is 8.42. The van der Waals surface area contributed by atoms with Crippen molar-refractivity contribution in [1.29, 1.82) is 0 Å². The normalized spacial score (nSPS) is 10.9. The highest BCUT2D eigenvalue weighted by Crippen LogP contribution is 2.06. The van der Waals surface area contributed by atoms with Crippen LogP contribution in [0.15, 0.2) is 35.2 Å². The van der Waals surface area contributed by atoms with Crippen LogP contribution >= 0.6 is 0 Å². The first-order valence-electron chi connectivity index (χ1n) is 4.93. The van der Waals surface area contributed by atoms with Gasteiger partial charge in [-0.15, -0.1) is 0 Å². The molecule has 0 aromatic heterocycles. The van der Waals surface area contributed by atoms with Gasteiger partial charge in [0.15, 0.2) is 0 Å². The predicted molar refractivity (Wildman–Crippen MR) is 59.6 cm³/mol. The maximum Gasteiger partial charge on any atom is 0.241 e. The molecule has 18 heavy (non-hydrogen) atoms. The molecule has 8 heteroatoms. The fourth-order valence-corrected chi connectivity index (χ4v) is 2.08. The average molecular weight is 271 g/mol. The van der Waals surface area contributed by atoms with Gasteiger partial charge in [-0.2, -0.15) is 0 Å². The van der Waals surface area contributed by atoms with Crippen molar-refractivity contribution in [1.82, 2.24) is 10.0 Å². The fraction of sp³-hybridized carbons (Fsp3) is 0.200. The lowest BCUT2D eigenvalue weighted by molar-refractivity contribution is -0.304. The number of carboxylic acid groups (broad SMARTS) is 1. The average Bonchev–Trinajstić information content (AvgIpc) is 2.35. The van der Waals surface area contributed by atoms with Gasteiger partial charge in [-0.3, -0.25) is 4.79 Å². The molecule has 0 spiro atoms. The summed E-state index contributed by atoms with van der Waals surface area (Å²) >= 11 is 0. The number of carboxylic acids is 1. The molecule has 0 radical (unpaired) electrons. The van der Waals surface area contributed by atoms with Crippen LogP contribution < -0.4 is 15.1 Å². The lowest BCUT2D eigenvalue weighted by Gasteiger charge is -2.08. The van der Waals surface area contributed by atoms with Crippen molar-refractivity contribution in [2.24, 2.45) is 0 Å². The molecule has 2 N–H and O–H groups in total. The lowest BCUT2D eigenvalue weighted by atomic mass is 10.4. The Kier molecular flexibility index (Phi) is 4.81.